The van der Waals surface area contributed by atoms with Gasteiger partial charge >= 0.3 is 0 Å². The van der Waals surface area contributed by atoms with E-state index in [4.69, 9.17) is 9.47 Å². The van der Waals surface area contributed by atoms with Crippen molar-refractivity contribution in [3.8, 4) is 5.75 Å². The smallest absolute Gasteiger partial charge is 0.220 e. The standard InChI is InChI=1S/C20H31N3O3/c24-20(6-5-17-7-8-21-15-17)22-16-18-3-1-2-4-19(18)26-14-11-23-9-12-25-13-10-23/h1-4,17,21H,5-16H2,(H,22,24). The zero-order valence-electron chi connectivity index (χ0n) is 15.5. The molecule has 26 heavy (non-hydrogen) atoms. The van der Waals surface area contributed by atoms with Crippen molar-refractivity contribution in [3.05, 3.63) is 29.8 Å². The first kappa shape index (κ1) is 19.1. The van der Waals surface area contributed by atoms with Gasteiger partial charge in [-0.2, -0.15) is 0 Å². The molecule has 0 aromatic heterocycles. The topological polar surface area (TPSA) is 62.8 Å². The van der Waals surface area contributed by atoms with Crippen LogP contribution in [0, 0.1) is 5.92 Å². The molecule has 0 aliphatic carbocycles. The molecule has 0 radical (unpaired) electrons. The average molecular weight is 361 g/mol. The Bertz CT molecular complexity index is 555. The number of amides is 1. The molecule has 6 nitrogen and oxygen atoms in total. The number of carbonyl (C=O) groups is 1. The Kier molecular flexibility index (Phi) is 7.73. The highest BCUT2D eigenvalue weighted by Crippen LogP contribution is 2.18. The van der Waals surface area contributed by atoms with Gasteiger partial charge in [0.2, 0.25) is 5.91 Å². The zero-order valence-corrected chi connectivity index (χ0v) is 15.5. The quantitative estimate of drug-likeness (QED) is 0.696. The van der Waals surface area contributed by atoms with Gasteiger partial charge in [-0.3, -0.25) is 9.69 Å². The summed E-state index contributed by atoms with van der Waals surface area (Å²) in [6, 6.07) is 7.96. The number of benzene rings is 1. The van der Waals surface area contributed by atoms with Gasteiger partial charge in [0.05, 0.1) is 13.2 Å². The van der Waals surface area contributed by atoms with Crippen LogP contribution >= 0.6 is 0 Å². The molecule has 2 heterocycles. The van der Waals surface area contributed by atoms with Gasteiger partial charge in [0.1, 0.15) is 12.4 Å². The number of rotatable bonds is 9. The van der Waals surface area contributed by atoms with Crippen LogP contribution < -0.4 is 15.4 Å². The zero-order chi connectivity index (χ0) is 18.0. The fourth-order valence-electron chi connectivity index (χ4n) is 3.48. The van der Waals surface area contributed by atoms with Crippen LogP contribution in [0.2, 0.25) is 0 Å². The van der Waals surface area contributed by atoms with Crippen LogP contribution in [0.15, 0.2) is 24.3 Å². The van der Waals surface area contributed by atoms with Crippen LogP contribution in [-0.2, 0) is 16.1 Å². The summed E-state index contributed by atoms with van der Waals surface area (Å²) in [6.45, 7) is 7.76. The number of ether oxygens (including phenoxy) is 2. The van der Waals surface area contributed by atoms with Gasteiger partial charge in [-0.15, -0.1) is 0 Å². The molecule has 0 spiro atoms. The molecule has 0 saturated carbocycles. The van der Waals surface area contributed by atoms with Gasteiger partial charge in [0, 0.05) is 38.2 Å². The Morgan fingerprint density at radius 2 is 2.15 bits per heavy atom. The molecule has 1 aromatic carbocycles. The first-order chi connectivity index (χ1) is 12.8. The van der Waals surface area contributed by atoms with Gasteiger partial charge in [-0.1, -0.05) is 18.2 Å². The van der Waals surface area contributed by atoms with E-state index >= 15 is 0 Å². The van der Waals surface area contributed by atoms with Gasteiger partial charge < -0.3 is 20.1 Å². The van der Waals surface area contributed by atoms with Crippen LogP contribution in [0.3, 0.4) is 0 Å². The van der Waals surface area contributed by atoms with Crippen LogP contribution in [0.4, 0.5) is 0 Å². The van der Waals surface area contributed by atoms with Gasteiger partial charge in [-0.05, 0) is 37.9 Å². The summed E-state index contributed by atoms with van der Waals surface area (Å²) in [7, 11) is 0. The number of nitrogens with zero attached hydrogens (tertiary/aromatic N) is 1. The molecule has 1 amide bonds. The summed E-state index contributed by atoms with van der Waals surface area (Å²) >= 11 is 0. The monoisotopic (exact) mass is 361 g/mol. The molecule has 1 unspecified atom stereocenters. The Morgan fingerprint density at radius 3 is 2.96 bits per heavy atom. The SMILES string of the molecule is O=C(CCC1CCNC1)NCc1ccccc1OCCN1CCOCC1. The molecule has 6 heteroatoms. The first-order valence-corrected chi connectivity index (χ1v) is 9.79. The van der Waals surface area contributed by atoms with Crippen molar-refractivity contribution in [2.75, 3.05) is 52.5 Å². The van der Waals surface area contributed by atoms with E-state index < -0.39 is 0 Å². The number of hydrogen-bond donors (Lipinski definition) is 2. The van der Waals surface area contributed by atoms with Crippen molar-refractivity contribution in [2.45, 2.75) is 25.8 Å². The maximum absolute atomic E-state index is 12.1. The van der Waals surface area contributed by atoms with Crippen LogP contribution in [0.25, 0.3) is 0 Å². The molecule has 0 bridgehead atoms. The lowest BCUT2D eigenvalue weighted by Crippen LogP contribution is -2.38. The molecule has 1 aromatic rings. The van der Waals surface area contributed by atoms with E-state index in [1.807, 2.05) is 24.3 Å². The minimum Gasteiger partial charge on any atom is -0.492 e. The molecule has 2 fully saturated rings. The highest BCUT2D eigenvalue weighted by atomic mass is 16.5. The molecule has 2 N–H and O–H groups in total. The Morgan fingerprint density at radius 1 is 1.31 bits per heavy atom. The lowest BCUT2D eigenvalue weighted by molar-refractivity contribution is -0.121. The summed E-state index contributed by atoms with van der Waals surface area (Å²) in [5.41, 5.74) is 1.03. The second kappa shape index (κ2) is 10.5. The van der Waals surface area contributed by atoms with E-state index in [1.54, 1.807) is 0 Å². The summed E-state index contributed by atoms with van der Waals surface area (Å²) in [4.78, 5) is 14.5. The highest BCUT2D eigenvalue weighted by molar-refractivity contribution is 5.75. The van der Waals surface area contributed by atoms with E-state index in [2.05, 4.69) is 15.5 Å². The fraction of sp³-hybridized carbons (Fsp3) is 0.650. The van der Waals surface area contributed by atoms with Crippen LogP contribution in [-0.4, -0.2) is 63.4 Å². The molecular formula is C20H31N3O3. The van der Waals surface area contributed by atoms with E-state index in [-0.39, 0.29) is 5.91 Å². The predicted octanol–water partition coefficient (Wildman–Crippen LogP) is 1.40. The maximum Gasteiger partial charge on any atom is 0.220 e. The number of para-hydroxylation sites is 1. The summed E-state index contributed by atoms with van der Waals surface area (Å²) in [5.74, 6) is 1.64. The van der Waals surface area contributed by atoms with E-state index in [0.29, 0.717) is 25.5 Å². The lowest BCUT2D eigenvalue weighted by atomic mass is 10.0. The molecule has 3 rings (SSSR count). The highest BCUT2D eigenvalue weighted by Gasteiger charge is 2.16. The predicted molar refractivity (Wildman–Crippen MR) is 101 cm³/mol. The Hall–Kier alpha value is -1.63. The fourth-order valence-corrected chi connectivity index (χ4v) is 3.48. The third-order valence-corrected chi connectivity index (χ3v) is 5.16. The molecule has 144 valence electrons. The number of hydrogen-bond acceptors (Lipinski definition) is 5. The second-order valence-electron chi connectivity index (χ2n) is 7.08. The molecule has 2 aliphatic heterocycles. The van der Waals surface area contributed by atoms with Gasteiger partial charge in [0.25, 0.3) is 0 Å². The van der Waals surface area contributed by atoms with Gasteiger partial charge in [0.15, 0.2) is 0 Å². The third-order valence-electron chi connectivity index (χ3n) is 5.16. The average Bonchev–Trinajstić information content (AvgIpc) is 3.20. The minimum atomic E-state index is 0.125. The van der Waals surface area contributed by atoms with Gasteiger partial charge in [-0.25, -0.2) is 0 Å². The summed E-state index contributed by atoms with van der Waals surface area (Å²) < 4.78 is 11.3. The largest absolute Gasteiger partial charge is 0.492 e. The summed E-state index contributed by atoms with van der Waals surface area (Å²) in [6.07, 6.45) is 2.76. The van der Waals surface area contributed by atoms with E-state index in [1.165, 1.54) is 6.42 Å². The molecular weight excluding hydrogens is 330 g/mol. The van der Waals surface area contributed by atoms with Crippen LogP contribution in [0.1, 0.15) is 24.8 Å². The molecule has 1 atom stereocenters. The van der Waals surface area contributed by atoms with Crippen molar-refractivity contribution in [3.63, 3.8) is 0 Å². The molecule has 2 aliphatic rings. The van der Waals surface area contributed by atoms with E-state index in [0.717, 1.165) is 63.7 Å². The van der Waals surface area contributed by atoms with E-state index in [9.17, 15) is 4.79 Å². The second-order valence-corrected chi connectivity index (χ2v) is 7.08. The van der Waals surface area contributed by atoms with Crippen molar-refractivity contribution in [1.29, 1.82) is 0 Å². The number of nitrogens with one attached hydrogen (secondary N) is 2. The Labute approximate surface area is 156 Å². The normalized spacial score (nSPS) is 20.8. The number of carbonyl (C=O) groups excluding carboxylic acids is 1. The summed E-state index contributed by atoms with van der Waals surface area (Å²) in [5, 5.41) is 6.38. The van der Waals surface area contributed by atoms with Crippen molar-refractivity contribution in [1.82, 2.24) is 15.5 Å². The molecule has 2 saturated heterocycles. The minimum absolute atomic E-state index is 0.125. The number of morpholine rings is 1. The third kappa shape index (κ3) is 6.27. The Balaban J connectivity index is 1.39. The first-order valence-electron chi connectivity index (χ1n) is 9.79. The van der Waals surface area contributed by atoms with Crippen molar-refractivity contribution >= 4 is 5.91 Å². The van der Waals surface area contributed by atoms with Crippen LogP contribution in [0.5, 0.6) is 5.75 Å². The van der Waals surface area contributed by atoms with Crippen molar-refractivity contribution < 1.29 is 14.3 Å². The lowest BCUT2D eigenvalue weighted by Gasteiger charge is -2.26. The maximum atomic E-state index is 12.1. The van der Waals surface area contributed by atoms with Crippen molar-refractivity contribution in [2.24, 2.45) is 5.92 Å².